The van der Waals surface area contributed by atoms with E-state index in [-0.39, 0.29) is 11.7 Å². The van der Waals surface area contributed by atoms with Gasteiger partial charge < -0.3 is 25.5 Å². The highest BCUT2D eigenvalue weighted by atomic mass is 32.1. The summed E-state index contributed by atoms with van der Waals surface area (Å²) >= 11 is 6.33. The van der Waals surface area contributed by atoms with E-state index in [4.69, 9.17) is 33.2 Å². The Morgan fingerprint density at radius 2 is 2.15 bits per heavy atom. The first-order valence-corrected chi connectivity index (χ1v) is 6.96. The molecule has 1 amide bonds. The van der Waals surface area contributed by atoms with Gasteiger partial charge in [-0.3, -0.25) is 4.79 Å². The van der Waals surface area contributed by atoms with Crippen molar-refractivity contribution in [2.45, 2.75) is 6.54 Å². The summed E-state index contributed by atoms with van der Waals surface area (Å²) in [5.41, 5.74) is 12.1. The van der Waals surface area contributed by atoms with Crippen molar-refractivity contribution in [1.82, 2.24) is 4.57 Å². The SMILES string of the molecule is NC(=O)c1sc(=S)n(Cc2ccc3c(c2)OCO3)c1N. The van der Waals surface area contributed by atoms with E-state index >= 15 is 0 Å². The molecule has 2 aromatic rings. The largest absolute Gasteiger partial charge is 0.454 e. The molecule has 1 aliphatic rings. The number of rotatable bonds is 3. The summed E-state index contributed by atoms with van der Waals surface area (Å²) in [4.78, 5) is 11.5. The predicted molar refractivity (Wildman–Crippen MR) is 77.7 cm³/mol. The van der Waals surface area contributed by atoms with Crippen molar-refractivity contribution in [2.24, 2.45) is 5.73 Å². The van der Waals surface area contributed by atoms with E-state index in [2.05, 4.69) is 0 Å². The van der Waals surface area contributed by atoms with Crippen LogP contribution >= 0.6 is 23.6 Å². The third kappa shape index (κ3) is 2.12. The number of carbonyl (C=O) groups is 1. The van der Waals surface area contributed by atoms with Crippen LogP contribution in [0.2, 0.25) is 0 Å². The highest BCUT2D eigenvalue weighted by Crippen LogP contribution is 2.33. The van der Waals surface area contributed by atoms with Gasteiger partial charge in [0.25, 0.3) is 5.91 Å². The molecule has 0 fully saturated rings. The van der Waals surface area contributed by atoms with Gasteiger partial charge in [0, 0.05) is 0 Å². The van der Waals surface area contributed by atoms with Crippen LogP contribution in [-0.2, 0) is 6.54 Å². The first-order valence-electron chi connectivity index (χ1n) is 5.73. The molecule has 0 spiro atoms. The molecule has 3 rings (SSSR count). The second-order valence-corrected chi connectivity index (χ2v) is 5.86. The highest BCUT2D eigenvalue weighted by molar-refractivity contribution is 7.73. The van der Waals surface area contributed by atoms with E-state index in [0.717, 1.165) is 16.9 Å². The molecule has 0 saturated heterocycles. The van der Waals surface area contributed by atoms with Gasteiger partial charge in [0.05, 0.1) is 6.54 Å². The number of fused-ring (bicyclic) bond motifs is 1. The molecular formula is C12H11N3O3S2. The Morgan fingerprint density at radius 1 is 1.40 bits per heavy atom. The van der Waals surface area contributed by atoms with E-state index in [1.165, 1.54) is 0 Å². The van der Waals surface area contributed by atoms with Gasteiger partial charge in [0.1, 0.15) is 10.7 Å². The number of nitrogens with zero attached hydrogens (tertiary/aromatic N) is 1. The third-order valence-electron chi connectivity index (χ3n) is 2.93. The summed E-state index contributed by atoms with van der Waals surface area (Å²) in [5, 5.41) is 0. The zero-order chi connectivity index (χ0) is 14.3. The Bertz CT molecular complexity index is 751. The summed E-state index contributed by atoms with van der Waals surface area (Å²) in [6.07, 6.45) is 0. The Labute approximate surface area is 123 Å². The van der Waals surface area contributed by atoms with Crippen LogP contribution in [0.4, 0.5) is 5.82 Å². The molecule has 0 atom stereocenters. The highest BCUT2D eigenvalue weighted by Gasteiger charge is 2.17. The van der Waals surface area contributed by atoms with Gasteiger partial charge in [-0.25, -0.2) is 0 Å². The maximum atomic E-state index is 11.2. The number of thiazole rings is 1. The summed E-state index contributed by atoms with van der Waals surface area (Å²) in [5.74, 6) is 1.14. The van der Waals surface area contributed by atoms with Crippen molar-refractivity contribution in [3.05, 3.63) is 32.6 Å². The topological polar surface area (TPSA) is 92.5 Å². The Hall–Kier alpha value is -2.06. The van der Waals surface area contributed by atoms with Gasteiger partial charge in [-0.2, -0.15) is 0 Å². The van der Waals surface area contributed by atoms with Gasteiger partial charge in [-0.15, -0.1) is 0 Å². The fourth-order valence-corrected chi connectivity index (χ4v) is 3.14. The second-order valence-electron chi connectivity index (χ2n) is 4.22. The fourth-order valence-electron chi connectivity index (χ4n) is 1.96. The summed E-state index contributed by atoms with van der Waals surface area (Å²) < 4.78 is 12.8. The van der Waals surface area contributed by atoms with Crippen LogP contribution in [0.15, 0.2) is 18.2 Å². The van der Waals surface area contributed by atoms with Gasteiger partial charge in [0.2, 0.25) is 6.79 Å². The molecule has 1 aromatic heterocycles. The lowest BCUT2D eigenvalue weighted by Gasteiger charge is -2.07. The third-order valence-corrected chi connectivity index (χ3v) is 4.41. The molecule has 6 nitrogen and oxygen atoms in total. The average molecular weight is 309 g/mol. The molecule has 0 radical (unpaired) electrons. The number of hydrogen-bond donors (Lipinski definition) is 2. The van der Waals surface area contributed by atoms with Gasteiger partial charge >= 0.3 is 0 Å². The maximum Gasteiger partial charge on any atom is 0.262 e. The molecule has 2 heterocycles. The number of anilines is 1. The van der Waals surface area contributed by atoms with Crippen molar-refractivity contribution >= 4 is 35.3 Å². The number of aromatic nitrogens is 1. The van der Waals surface area contributed by atoms with Crippen LogP contribution in [0.1, 0.15) is 15.2 Å². The zero-order valence-electron chi connectivity index (χ0n) is 10.3. The zero-order valence-corrected chi connectivity index (χ0v) is 11.9. The average Bonchev–Trinajstić information content (AvgIpc) is 2.97. The number of carbonyl (C=O) groups excluding carboxylic acids is 1. The van der Waals surface area contributed by atoms with Crippen molar-refractivity contribution < 1.29 is 14.3 Å². The van der Waals surface area contributed by atoms with E-state index in [1.807, 2.05) is 18.2 Å². The number of nitrogen functional groups attached to an aromatic ring is 1. The van der Waals surface area contributed by atoms with E-state index in [9.17, 15) is 4.79 Å². The van der Waals surface area contributed by atoms with Crippen LogP contribution < -0.4 is 20.9 Å². The Balaban J connectivity index is 1.96. The summed E-state index contributed by atoms with van der Waals surface area (Å²) in [6.45, 7) is 0.676. The van der Waals surface area contributed by atoms with Gasteiger partial charge in [-0.1, -0.05) is 17.4 Å². The van der Waals surface area contributed by atoms with Crippen molar-refractivity contribution in [3.63, 3.8) is 0 Å². The van der Waals surface area contributed by atoms with Crippen molar-refractivity contribution in [1.29, 1.82) is 0 Å². The van der Waals surface area contributed by atoms with Crippen LogP contribution in [0.3, 0.4) is 0 Å². The Kier molecular flexibility index (Phi) is 3.11. The van der Waals surface area contributed by atoms with Crippen molar-refractivity contribution in [2.75, 3.05) is 12.5 Å². The van der Waals surface area contributed by atoms with Crippen LogP contribution in [0, 0.1) is 3.95 Å². The number of hydrogen-bond acceptors (Lipinski definition) is 6. The van der Waals surface area contributed by atoms with Gasteiger partial charge in [-0.05, 0) is 29.9 Å². The van der Waals surface area contributed by atoms with Crippen LogP contribution in [0.5, 0.6) is 11.5 Å². The lowest BCUT2D eigenvalue weighted by atomic mass is 10.2. The first kappa shape index (κ1) is 12.9. The van der Waals surface area contributed by atoms with Gasteiger partial charge in [0.15, 0.2) is 15.5 Å². The quantitative estimate of drug-likeness (QED) is 0.842. The number of ether oxygens (including phenoxy) is 2. The van der Waals surface area contributed by atoms with Crippen molar-refractivity contribution in [3.8, 4) is 11.5 Å². The summed E-state index contributed by atoms with van der Waals surface area (Å²) in [7, 11) is 0. The number of amides is 1. The lowest BCUT2D eigenvalue weighted by Crippen LogP contribution is -2.13. The van der Waals surface area contributed by atoms with E-state index < -0.39 is 5.91 Å². The number of nitrogens with two attached hydrogens (primary N) is 2. The molecule has 0 aliphatic carbocycles. The van der Waals surface area contributed by atoms with Crippen LogP contribution in [0.25, 0.3) is 0 Å². The smallest absolute Gasteiger partial charge is 0.262 e. The molecule has 0 saturated carbocycles. The second kappa shape index (κ2) is 4.80. The normalized spacial score (nSPS) is 12.6. The first-order chi connectivity index (χ1) is 9.56. The predicted octanol–water partition coefficient (Wildman–Crippen LogP) is 1.74. The monoisotopic (exact) mass is 309 g/mol. The molecular weight excluding hydrogens is 298 g/mol. The fraction of sp³-hybridized carbons (Fsp3) is 0.167. The molecule has 1 aromatic carbocycles. The molecule has 0 unspecified atom stereocenters. The molecule has 20 heavy (non-hydrogen) atoms. The Morgan fingerprint density at radius 3 is 2.85 bits per heavy atom. The standard InChI is InChI=1S/C12H11N3O3S2/c13-10-9(11(14)16)20-12(19)15(10)4-6-1-2-7-8(3-6)18-5-17-7/h1-3H,4-5,13H2,(H2,14,16). The number of benzene rings is 1. The molecule has 8 heteroatoms. The molecule has 0 bridgehead atoms. The van der Waals surface area contributed by atoms with Crippen LogP contribution in [-0.4, -0.2) is 17.3 Å². The minimum Gasteiger partial charge on any atom is -0.454 e. The van der Waals surface area contributed by atoms with E-state index in [0.29, 0.717) is 27.8 Å². The lowest BCUT2D eigenvalue weighted by molar-refractivity contribution is 0.100. The molecule has 1 aliphatic heterocycles. The number of primary amides is 1. The summed E-state index contributed by atoms with van der Waals surface area (Å²) in [6, 6.07) is 5.60. The van der Waals surface area contributed by atoms with E-state index in [1.54, 1.807) is 4.57 Å². The maximum absolute atomic E-state index is 11.2. The minimum atomic E-state index is -0.567. The molecule has 104 valence electrons. The minimum absolute atomic E-state index is 0.227. The molecule has 4 N–H and O–H groups in total.